The lowest BCUT2D eigenvalue weighted by Gasteiger charge is -2.16. The molecule has 2 amide bonds. The van der Waals surface area contributed by atoms with Gasteiger partial charge in [-0.2, -0.15) is 0 Å². The Balaban J connectivity index is 2.23. The number of carbonyl (C=O) groups excluding carboxylic acids is 1. The van der Waals surface area contributed by atoms with Crippen LogP contribution in [-0.4, -0.2) is 30.6 Å². The highest BCUT2D eigenvalue weighted by molar-refractivity contribution is 5.74. The minimum absolute atomic E-state index is 0.112. The third kappa shape index (κ3) is 2.40. The number of rotatable bonds is 2. The number of hydrogen-bond donors (Lipinski definition) is 1. The third-order valence-electron chi connectivity index (χ3n) is 2.24. The van der Waals surface area contributed by atoms with Crippen LogP contribution in [0.2, 0.25) is 0 Å². The first kappa shape index (κ1) is 9.36. The molecule has 3 nitrogen and oxygen atoms in total. The summed E-state index contributed by atoms with van der Waals surface area (Å²) in [5.74, 6) is 0.678. The molecule has 0 spiro atoms. The highest BCUT2D eigenvalue weighted by Gasteiger charge is 2.22. The van der Waals surface area contributed by atoms with Crippen LogP contribution < -0.4 is 5.32 Å². The van der Waals surface area contributed by atoms with Crippen LogP contribution in [0, 0.1) is 5.92 Å². The van der Waals surface area contributed by atoms with Crippen molar-refractivity contribution < 1.29 is 4.79 Å². The van der Waals surface area contributed by atoms with E-state index in [0.717, 1.165) is 32.5 Å². The van der Waals surface area contributed by atoms with Crippen LogP contribution >= 0.6 is 0 Å². The Morgan fingerprint density at radius 2 is 2.42 bits per heavy atom. The van der Waals surface area contributed by atoms with Gasteiger partial charge < -0.3 is 10.2 Å². The topological polar surface area (TPSA) is 32.3 Å². The fraction of sp³-hybridized carbons (Fsp3) is 0.889. The summed E-state index contributed by atoms with van der Waals surface area (Å²) < 4.78 is 0. The molecule has 0 aromatic heterocycles. The SMILES string of the molecule is CCCNC(=O)N1CC[C@@H](C)C1. The molecule has 70 valence electrons. The first-order valence-corrected chi connectivity index (χ1v) is 4.76. The van der Waals surface area contributed by atoms with Crippen molar-refractivity contribution in [2.24, 2.45) is 5.92 Å². The fourth-order valence-corrected chi connectivity index (χ4v) is 1.46. The Kier molecular flexibility index (Phi) is 3.38. The number of amides is 2. The summed E-state index contributed by atoms with van der Waals surface area (Å²) in [6.07, 6.45) is 2.16. The van der Waals surface area contributed by atoms with Gasteiger partial charge in [-0.25, -0.2) is 4.79 Å². The molecule has 1 fully saturated rings. The molecule has 0 aromatic carbocycles. The first-order chi connectivity index (χ1) is 5.74. The number of hydrogen-bond acceptors (Lipinski definition) is 1. The first-order valence-electron chi connectivity index (χ1n) is 4.76. The zero-order valence-corrected chi connectivity index (χ0v) is 7.97. The highest BCUT2D eigenvalue weighted by Crippen LogP contribution is 2.14. The second kappa shape index (κ2) is 4.33. The van der Waals surface area contributed by atoms with Crippen molar-refractivity contribution in [2.45, 2.75) is 26.7 Å². The van der Waals surface area contributed by atoms with Crippen molar-refractivity contribution in [1.82, 2.24) is 10.2 Å². The Hall–Kier alpha value is -0.730. The zero-order valence-electron chi connectivity index (χ0n) is 7.97. The van der Waals surface area contributed by atoms with Crippen molar-refractivity contribution in [3.63, 3.8) is 0 Å². The molecule has 0 aliphatic carbocycles. The number of nitrogens with one attached hydrogen (secondary N) is 1. The molecule has 1 aliphatic rings. The second-order valence-electron chi connectivity index (χ2n) is 3.57. The predicted octanol–water partition coefficient (Wildman–Crippen LogP) is 1.45. The molecule has 0 saturated carbocycles. The van der Waals surface area contributed by atoms with E-state index in [1.54, 1.807) is 0 Å². The van der Waals surface area contributed by atoms with Crippen LogP contribution in [-0.2, 0) is 0 Å². The average molecular weight is 170 g/mol. The zero-order chi connectivity index (χ0) is 8.97. The maximum absolute atomic E-state index is 11.4. The number of nitrogens with zero attached hydrogens (tertiary/aromatic N) is 1. The second-order valence-corrected chi connectivity index (χ2v) is 3.57. The van der Waals surface area contributed by atoms with Gasteiger partial charge in [0.1, 0.15) is 0 Å². The van der Waals surface area contributed by atoms with E-state index in [0.29, 0.717) is 5.92 Å². The van der Waals surface area contributed by atoms with Crippen molar-refractivity contribution in [1.29, 1.82) is 0 Å². The molecule has 1 aliphatic heterocycles. The Morgan fingerprint density at radius 1 is 1.67 bits per heavy atom. The van der Waals surface area contributed by atoms with Crippen LogP contribution in [0.3, 0.4) is 0 Å². The van der Waals surface area contributed by atoms with Crippen molar-refractivity contribution >= 4 is 6.03 Å². The Morgan fingerprint density at radius 3 is 2.92 bits per heavy atom. The van der Waals surface area contributed by atoms with Gasteiger partial charge in [0.05, 0.1) is 0 Å². The van der Waals surface area contributed by atoms with Gasteiger partial charge in [-0.3, -0.25) is 0 Å². The summed E-state index contributed by atoms with van der Waals surface area (Å²) in [6.45, 7) is 6.90. The van der Waals surface area contributed by atoms with Crippen molar-refractivity contribution in [3.8, 4) is 0 Å². The number of carbonyl (C=O) groups is 1. The minimum atomic E-state index is 0.112. The molecule has 12 heavy (non-hydrogen) atoms. The lowest BCUT2D eigenvalue weighted by Crippen LogP contribution is -2.38. The van der Waals surface area contributed by atoms with Gasteiger partial charge in [-0.1, -0.05) is 13.8 Å². The Labute approximate surface area is 74.1 Å². The molecule has 1 heterocycles. The van der Waals surface area contributed by atoms with Gasteiger partial charge in [0.25, 0.3) is 0 Å². The van der Waals surface area contributed by atoms with Gasteiger partial charge in [0.2, 0.25) is 0 Å². The lowest BCUT2D eigenvalue weighted by atomic mass is 10.2. The van der Waals surface area contributed by atoms with E-state index in [9.17, 15) is 4.79 Å². The summed E-state index contributed by atoms with van der Waals surface area (Å²) in [5, 5.41) is 2.88. The van der Waals surface area contributed by atoms with Gasteiger partial charge in [-0.15, -0.1) is 0 Å². The van der Waals surface area contributed by atoms with Crippen LogP contribution in [0.15, 0.2) is 0 Å². The molecule has 0 unspecified atom stereocenters. The number of likely N-dealkylation sites (tertiary alicyclic amines) is 1. The van der Waals surface area contributed by atoms with E-state index < -0.39 is 0 Å². The normalized spacial score (nSPS) is 22.8. The number of urea groups is 1. The standard InChI is InChI=1S/C9H18N2O/c1-3-5-10-9(12)11-6-4-8(2)7-11/h8H,3-7H2,1-2H3,(H,10,12)/t8-/m1/s1. The highest BCUT2D eigenvalue weighted by atomic mass is 16.2. The van der Waals surface area contributed by atoms with Gasteiger partial charge >= 0.3 is 6.03 Å². The van der Waals surface area contributed by atoms with Gasteiger partial charge in [0.15, 0.2) is 0 Å². The predicted molar refractivity (Wildman–Crippen MR) is 49.0 cm³/mol. The molecule has 1 saturated heterocycles. The van der Waals surface area contributed by atoms with Crippen molar-refractivity contribution in [3.05, 3.63) is 0 Å². The third-order valence-corrected chi connectivity index (χ3v) is 2.24. The van der Waals surface area contributed by atoms with Crippen LogP contribution in [0.4, 0.5) is 4.79 Å². The molecule has 1 rings (SSSR count). The van der Waals surface area contributed by atoms with Crippen LogP contribution in [0.5, 0.6) is 0 Å². The van der Waals surface area contributed by atoms with E-state index in [1.807, 2.05) is 4.90 Å². The van der Waals surface area contributed by atoms with E-state index in [-0.39, 0.29) is 6.03 Å². The molecular formula is C9H18N2O. The van der Waals surface area contributed by atoms with Crippen LogP contribution in [0.1, 0.15) is 26.7 Å². The van der Waals surface area contributed by atoms with Crippen molar-refractivity contribution in [2.75, 3.05) is 19.6 Å². The monoisotopic (exact) mass is 170 g/mol. The summed E-state index contributed by atoms with van der Waals surface area (Å²) >= 11 is 0. The van der Waals surface area contributed by atoms with E-state index in [1.165, 1.54) is 0 Å². The molecule has 3 heteroatoms. The Bertz CT molecular complexity index is 159. The molecule has 0 radical (unpaired) electrons. The largest absolute Gasteiger partial charge is 0.338 e. The average Bonchev–Trinajstić information content (AvgIpc) is 2.47. The fourth-order valence-electron chi connectivity index (χ4n) is 1.46. The summed E-state index contributed by atoms with van der Waals surface area (Å²) in [7, 11) is 0. The molecule has 0 bridgehead atoms. The summed E-state index contributed by atoms with van der Waals surface area (Å²) in [5.41, 5.74) is 0. The van der Waals surface area contributed by atoms with Gasteiger partial charge in [-0.05, 0) is 18.8 Å². The molecule has 1 N–H and O–H groups in total. The van der Waals surface area contributed by atoms with E-state index >= 15 is 0 Å². The van der Waals surface area contributed by atoms with E-state index in [2.05, 4.69) is 19.2 Å². The quantitative estimate of drug-likeness (QED) is 0.668. The molecular weight excluding hydrogens is 152 g/mol. The van der Waals surface area contributed by atoms with E-state index in [4.69, 9.17) is 0 Å². The summed E-state index contributed by atoms with van der Waals surface area (Å²) in [6, 6.07) is 0.112. The summed E-state index contributed by atoms with van der Waals surface area (Å²) in [4.78, 5) is 13.3. The molecule has 1 atom stereocenters. The maximum atomic E-state index is 11.4. The van der Waals surface area contributed by atoms with Crippen LogP contribution in [0.25, 0.3) is 0 Å². The maximum Gasteiger partial charge on any atom is 0.317 e. The minimum Gasteiger partial charge on any atom is -0.338 e. The lowest BCUT2D eigenvalue weighted by molar-refractivity contribution is 0.207. The molecule has 0 aromatic rings. The smallest absolute Gasteiger partial charge is 0.317 e. The van der Waals surface area contributed by atoms with Gasteiger partial charge in [0, 0.05) is 19.6 Å².